The summed E-state index contributed by atoms with van der Waals surface area (Å²) in [4.78, 5) is -0.00266. The van der Waals surface area contributed by atoms with Crippen LogP contribution in [0.4, 0.5) is 0 Å². The van der Waals surface area contributed by atoms with Gasteiger partial charge in [0.25, 0.3) is 0 Å². The molecule has 8 heteroatoms. The fourth-order valence-corrected chi connectivity index (χ4v) is 4.03. The molecule has 0 saturated carbocycles. The maximum absolute atomic E-state index is 12.1. The van der Waals surface area contributed by atoms with Crippen LogP contribution in [-0.4, -0.2) is 32.8 Å². The van der Waals surface area contributed by atoms with E-state index < -0.39 is 10.0 Å². The van der Waals surface area contributed by atoms with Crippen LogP contribution in [-0.2, 0) is 21.4 Å². The fourth-order valence-electron chi connectivity index (χ4n) is 1.78. The highest BCUT2D eigenvalue weighted by Gasteiger charge is 2.26. The van der Waals surface area contributed by atoms with Crippen molar-refractivity contribution in [2.45, 2.75) is 30.4 Å². The maximum Gasteiger partial charge on any atom is 0.245 e. The fraction of sp³-hybridized carbons (Fsp3) is 0.600. The van der Waals surface area contributed by atoms with Crippen molar-refractivity contribution in [1.82, 2.24) is 4.72 Å². The normalized spacial score (nSPS) is 21.1. The van der Waals surface area contributed by atoms with Gasteiger partial charge in [-0.25, -0.2) is 13.1 Å². The van der Waals surface area contributed by atoms with Crippen LogP contribution in [0, 0.1) is 0 Å². The number of aliphatic hydroxyl groups excluding tert-OH is 1. The summed E-state index contributed by atoms with van der Waals surface area (Å²) in [6.07, 6.45) is 1.59. The van der Waals surface area contributed by atoms with Gasteiger partial charge in [-0.15, -0.1) is 0 Å². The third kappa shape index (κ3) is 3.12. The summed E-state index contributed by atoms with van der Waals surface area (Å²) in [6.45, 7) is 0.699. The van der Waals surface area contributed by atoms with Crippen molar-refractivity contribution in [2.24, 2.45) is 0 Å². The quantitative estimate of drug-likeness (QED) is 0.853. The Bertz CT molecular complexity index is 506. The average molecular weight is 340 g/mol. The standard InChI is InChI=1S/C10H14BrNO5S/c11-10-9(4-8(5-13)17-10)18(14,15)12-7-2-1-3-16-6-7/h4,7,12-13H,1-3,5-6H2. The lowest BCUT2D eigenvalue weighted by atomic mass is 10.1. The van der Waals surface area contributed by atoms with Gasteiger partial charge in [-0.2, -0.15) is 0 Å². The van der Waals surface area contributed by atoms with Gasteiger partial charge in [-0.1, -0.05) is 0 Å². The second kappa shape index (κ2) is 5.70. The number of rotatable bonds is 4. The van der Waals surface area contributed by atoms with Crippen molar-refractivity contribution >= 4 is 26.0 Å². The molecule has 0 radical (unpaired) electrons. The number of hydrogen-bond acceptors (Lipinski definition) is 5. The number of hydrogen-bond donors (Lipinski definition) is 2. The van der Waals surface area contributed by atoms with E-state index >= 15 is 0 Å². The number of halogens is 1. The van der Waals surface area contributed by atoms with Gasteiger partial charge in [0.2, 0.25) is 10.0 Å². The highest BCUT2D eigenvalue weighted by molar-refractivity contribution is 9.10. The van der Waals surface area contributed by atoms with Crippen LogP contribution in [0.15, 0.2) is 20.0 Å². The number of nitrogens with one attached hydrogen (secondary N) is 1. The van der Waals surface area contributed by atoms with Gasteiger partial charge in [0, 0.05) is 18.7 Å². The Morgan fingerprint density at radius 1 is 1.56 bits per heavy atom. The van der Waals surface area contributed by atoms with Crippen LogP contribution in [0.25, 0.3) is 0 Å². The molecule has 1 unspecified atom stereocenters. The lowest BCUT2D eigenvalue weighted by Gasteiger charge is -2.22. The molecule has 0 aromatic carbocycles. The largest absolute Gasteiger partial charge is 0.450 e. The molecule has 2 N–H and O–H groups in total. The molecule has 2 rings (SSSR count). The molecular weight excluding hydrogens is 326 g/mol. The van der Waals surface area contributed by atoms with Crippen LogP contribution >= 0.6 is 15.9 Å². The van der Waals surface area contributed by atoms with E-state index in [-0.39, 0.29) is 28.0 Å². The van der Waals surface area contributed by atoms with E-state index in [9.17, 15) is 8.42 Å². The van der Waals surface area contributed by atoms with Gasteiger partial charge in [-0.3, -0.25) is 0 Å². The van der Waals surface area contributed by atoms with Crippen LogP contribution in [0.3, 0.4) is 0 Å². The summed E-state index contributed by atoms with van der Waals surface area (Å²) in [5, 5.41) is 8.91. The van der Waals surface area contributed by atoms with E-state index in [4.69, 9.17) is 14.3 Å². The number of furan rings is 1. The molecule has 0 amide bonds. The number of sulfonamides is 1. The molecule has 1 atom stereocenters. The first-order valence-corrected chi connectivity index (χ1v) is 7.79. The zero-order valence-corrected chi connectivity index (χ0v) is 12.0. The Hall–Kier alpha value is -0.410. The Balaban J connectivity index is 2.16. The van der Waals surface area contributed by atoms with Gasteiger partial charge >= 0.3 is 0 Å². The van der Waals surface area contributed by atoms with Gasteiger partial charge in [0.05, 0.1) is 6.61 Å². The molecule has 6 nitrogen and oxygen atoms in total. The van der Waals surface area contributed by atoms with Crippen molar-refractivity contribution in [1.29, 1.82) is 0 Å². The summed E-state index contributed by atoms with van der Waals surface area (Å²) < 4.78 is 37.2. The first-order valence-electron chi connectivity index (χ1n) is 5.52. The molecule has 1 fully saturated rings. The molecular formula is C10H14BrNO5S. The first-order chi connectivity index (χ1) is 8.53. The monoisotopic (exact) mass is 339 g/mol. The summed E-state index contributed by atoms with van der Waals surface area (Å²) in [7, 11) is -3.66. The molecule has 1 aromatic rings. The number of aliphatic hydroxyl groups is 1. The molecule has 0 spiro atoms. The Morgan fingerprint density at radius 3 is 2.89 bits per heavy atom. The smallest absolute Gasteiger partial charge is 0.245 e. The van der Waals surface area contributed by atoms with Gasteiger partial charge in [0.1, 0.15) is 17.3 Å². The highest BCUT2D eigenvalue weighted by atomic mass is 79.9. The Morgan fingerprint density at radius 2 is 2.33 bits per heavy atom. The maximum atomic E-state index is 12.1. The number of ether oxygens (including phenoxy) is 1. The molecule has 0 aliphatic carbocycles. The lowest BCUT2D eigenvalue weighted by molar-refractivity contribution is 0.0774. The van der Waals surface area contributed by atoms with Gasteiger partial charge in [-0.05, 0) is 28.8 Å². The molecule has 0 bridgehead atoms. The van der Waals surface area contributed by atoms with E-state index in [0.29, 0.717) is 13.2 Å². The zero-order valence-electron chi connectivity index (χ0n) is 9.56. The van der Waals surface area contributed by atoms with Crippen LogP contribution < -0.4 is 4.72 Å². The molecule has 102 valence electrons. The van der Waals surface area contributed by atoms with E-state index in [0.717, 1.165) is 12.8 Å². The SMILES string of the molecule is O=S(=O)(NC1CCCOC1)c1cc(CO)oc1Br. The lowest BCUT2D eigenvalue weighted by Crippen LogP contribution is -2.40. The van der Waals surface area contributed by atoms with Crippen LogP contribution in [0.5, 0.6) is 0 Å². The average Bonchev–Trinajstić information content (AvgIpc) is 2.72. The van der Waals surface area contributed by atoms with Crippen LogP contribution in [0.2, 0.25) is 0 Å². The second-order valence-electron chi connectivity index (χ2n) is 4.04. The molecule has 18 heavy (non-hydrogen) atoms. The Kier molecular flexibility index (Phi) is 4.44. The molecule has 1 aromatic heterocycles. The summed E-state index contributed by atoms with van der Waals surface area (Å²) in [5.74, 6) is 0.196. The predicted molar refractivity (Wildman–Crippen MR) is 66.5 cm³/mol. The molecule has 1 aliphatic heterocycles. The first kappa shape index (κ1) is 14.0. The highest BCUT2D eigenvalue weighted by Crippen LogP contribution is 2.26. The van der Waals surface area contributed by atoms with Crippen molar-refractivity contribution in [3.05, 3.63) is 16.5 Å². The minimum absolute atomic E-state index is 0.00266. The summed E-state index contributed by atoms with van der Waals surface area (Å²) >= 11 is 3.03. The third-order valence-electron chi connectivity index (χ3n) is 2.63. The topological polar surface area (TPSA) is 88.8 Å². The van der Waals surface area contributed by atoms with E-state index in [2.05, 4.69) is 20.7 Å². The van der Waals surface area contributed by atoms with Crippen molar-refractivity contribution in [2.75, 3.05) is 13.2 Å². The molecule has 1 aliphatic rings. The van der Waals surface area contributed by atoms with E-state index in [1.807, 2.05) is 0 Å². The molecule has 2 heterocycles. The van der Waals surface area contributed by atoms with E-state index in [1.54, 1.807) is 0 Å². The van der Waals surface area contributed by atoms with Gasteiger partial charge < -0.3 is 14.3 Å². The minimum Gasteiger partial charge on any atom is -0.450 e. The predicted octanol–water partition coefficient (Wildman–Crippen LogP) is 0.992. The summed E-state index contributed by atoms with van der Waals surface area (Å²) in [6, 6.07) is 1.08. The zero-order chi connectivity index (χ0) is 13.2. The van der Waals surface area contributed by atoms with Crippen molar-refractivity contribution in [3.8, 4) is 0 Å². The van der Waals surface area contributed by atoms with Crippen molar-refractivity contribution in [3.63, 3.8) is 0 Å². The third-order valence-corrected chi connectivity index (χ3v) is 5.01. The van der Waals surface area contributed by atoms with E-state index in [1.165, 1.54) is 6.07 Å². The molecule has 1 saturated heterocycles. The Labute approximate surface area is 113 Å². The second-order valence-corrected chi connectivity index (χ2v) is 6.45. The van der Waals surface area contributed by atoms with Gasteiger partial charge in [0.15, 0.2) is 4.67 Å². The van der Waals surface area contributed by atoms with Crippen molar-refractivity contribution < 1.29 is 22.7 Å². The van der Waals surface area contributed by atoms with Crippen LogP contribution in [0.1, 0.15) is 18.6 Å². The minimum atomic E-state index is -3.66. The summed E-state index contributed by atoms with van der Waals surface area (Å²) in [5.41, 5.74) is 0.